The fourth-order valence-corrected chi connectivity index (χ4v) is 1.58. The average molecular weight is 194 g/mol. The normalized spacial score (nSPS) is 17.2. The average Bonchev–Trinajstić information content (AvgIpc) is 2.54. The van der Waals surface area contributed by atoms with Crippen molar-refractivity contribution < 1.29 is 4.79 Å². The maximum Gasteiger partial charge on any atom is 0.225 e. The van der Waals surface area contributed by atoms with Gasteiger partial charge < -0.3 is 4.90 Å². The van der Waals surface area contributed by atoms with Crippen molar-refractivity contribution >= 4 is 5.91 Å². The van der Waals surface area contributed by atoms with E-state index in [0.717, 1.165) is 13.1 Å². The first-order valence-electron chi connectivity index (χ1n) is 4.83. The van der Waals surface area contributed by atoms with E-state index in [2.05, 4.69) is 10.3 Å². The number of aromatic nitrogens is 3. The van der Waals surface area contributed by atoms with Crippen LogP contribution in [0.4, 0.5) is 0 Å². The minimum absolute atomic E-state index is 0.0895. The Bertz CT molecular complexity index is 314. The fraction of sp³-hybridized carbons (Fsp3) is 0.667. The lowest BCUT2D eigenvalue weighted by atomic mass is 10.1. The standard InChI is InChI=1S/C9H14N4O/c1-7(2)9(14)12-5-8(6-12)13-4-3-10-11-13/h3-4,7-8H,5-6H2,1-2H3. The second-order valence-corrected chi connectivity index (χ2v) is 3.93. The molecule has 0 N–H and O–H groups in total. The maximum atomic E-state index is 11.5. The molecule has 14 heavy (non-hydrogen) atoms. The number of hydrogen-bond donors (Lipinski definition) is 0. The molecule has 1 amide bonds. The van der Waals surface area contributed by atoms with Gasteiger partial charge in [-0.3, -0.25) is 4.79 Å². The zero-order chi connectivity index (χ0) is 10.1. The van der Waals surface area contributed by atoms with Crippen LogP contribution in [0.3, 0.4) is 0 Å². The summed E-state index contributed by atoms with van der Waals surface area (Å²) in [5.41, 5.74) is 0. The second kappa shape index (κ2) is 3.40. The van der Waals surface area contributed by atoms with Gasteiger partial charge in [-0.25, -0.2) is 4.68 Å². The van der Waals surface area contributed by atoms with Gasteiger partial charge in [0.05, 0.1) is 12.2 Å². The third-order valence-electron chi connectivity index (χ3n) is 2.48. The number of hydrogen-bond acceptors (Lipinski definition) is 3. The Morgan fingerprint density at radius 2 is 2.21 bits per heavy atom. The van der Waals surface area contributed by atoms with Gasteiger partial charge in [-0.15, -0.1) is 5.10 Å². The molecule has 1 aliphatic heterocycles. The molecule has 2 rings (SSSR count). The molecule has 0 bridgehead atoms. The Kier molecular flexibility index (Phi) is 2.23. The highest BCUT2D eigenvalue weighted by molar-refractivity contribution is 5.78. The highest BCUT2D eigenvalue weighted by Gasteiger charge is 2.33. The lowest BCUT2D eigenvalue weighted by Gasteiger charge is -2.39. The highest BCUT2D eigenvalue weighted by Crippen LogP contribution is 2.21. The van der Waals surface area contributed by atoms with Gasteiger partial charge in [0.15, 0.2) is 0 Å². The fourth-order valence-electron chi connectivity index (χ4n) is 1.58. The van der Waals surface area contributed by atoms with Gasteiger partial charge in [0.1, 0.15) is 0 Å². The van der Waals surface area contributed by atoms with E-state index in [1.54, 1.807) is 6.20 Å². The number of likely N-dealkylation sites (tertiary alicyclic amines) is 1. The summed E-state index contributed by atoms with van der Waals surface area (Å²) in [7, 11) is 0. The van der Waals surface area contributed by atoms with Gasteiger partial charge in [-0.1, -0.05) is 19.1 Å². The minimum Gasteiger partial charge on any atom is -0.338 e. The summed E-state index contributed by atoms with van der Waals surface area (Å²) in [5, 5.41) is 7.65. The minimum atomic E-state index is 0.0895. The molecule has 0 atom stereocenters. The lowest BCUT2D eigenvalue weighted by molar-refractivity contribution is -0.140. The molecule has 1 saturated heterocycles. The van der Waals surface area contributed by atoms with Gasteiger partial charge in [0.2, 0.25) is 5.91 Å². The highest BCUT2D eigenvalue weighted by atomic mass is 16.2. The van der Waals surface area contributed by atoms with Crippen LogP contribution in [0.15, 0.2) is 12.4 Å². The molecule has 0 spiro atoms. The molecular formula is C9H14N4O. The Hall–Kier alpha value is -1.39. The number of rotatable bonds is 2. The Morgan fingerprint density at radius 3 is 2.71 bits per heavy atom. The van der Waals surface area contributed by atoms with Crippen LogP contribution >= 0.6 is 0 Å². The van der Waals surface area contributed by atoms with Crippen LogP contribution in [-0.4, -0.2) is 38.9 Å². The molecule has 76 valence electrons. The van der Waals surface area contributed by atoms with Crippen molar-refractivity contribution in [3.05, 3.63) is 12.4 Å². The van der Waals surface area contributed by atoms with E-state index in [1.165, 1.54) is 0 Å². The Morgan fingerprint density at radius 1 is 1.50 bits per heavy atom. The first-order valence-corrected chi connectivity index (χ1v) is 4.83. The summed E-state index contributed by atoms with van der Waals surface area (Å²) in [6.45, 7) is 5.37. The van der Waals surface area contributed by atoms with Crippen molar-refractivity contribution in [2.24, 2.45) is 5.92 Å². The largest absolute Gasteiger partial charge is 0.338 e. The van der Waals surface area contributed by atoms with E-state index in [1.807, 2.05) is 29.6 Å². The van der Waals surface area contributed by atoms with Crippen molar-refractivity contribution in [1.29, 1.82) is 0 Å². The van der Waals surface area contributed by atoms with Crippen LogP contribution in [-0.2, 0) is 4.79 Å². The Labute approximate surface area is 82.7 Å². The zero-order valence-electron chi connectivity index (χ0n) is 8.42. The first-order chi connectivity index (χ1) is 6.68. The molecule has 2 heterocycles. The summed E-state index contributed by atoms with van der Waals surface area (Å²) in [5.74, 6) is 0.313. The van der Waals surface area contributed by atoms with Crippen LogP contribution < -0.4 is 0 Å². The number of carbonyl (C=O) groups excluding carboxylic acids is 1. The molecule has 5 heteroatoms. The first kappa shape index (κ1) is 9.18. The SMILES string of the molecule is CC(C)C(=O)N1CC(n2ccnn2)C1. The third-order valence-corrected chi connectivity index (χ3v) is 2.48. The number of carbonyl (C=O) groups is 1. The smallest absolute Gasteiger partial charge is 0.225 e. The van der Waals surface area contributed by atoms with Crippen LogP contribution in [0.2, 0.25) is 0 Å². The van der Waals surface area contributed by atoms with E-state index < -0.39 is 0 Å². The molecule has 0 aromatic carbocycles. The topological polar surface area (TPSA) is 51.0 Å². The molecule has 0 saturated carbocycles. The van der Waals surface area contributed by atoms with E-state index >= 15 is 0 Å². The quantitative estimate of drug-likeness (QED) is 0.681. The summed E-state index contributed by atoms with van der Waals surface area (Å²) >= 11 is 0. The van der Waals surface area contributed by atoms with Crippen molar-refractivity contribution in [1.82, 2.24) is 19.9 Å². The molecule has 1 aromatic heterocycles. The predicted molar refractivity (Wildman–Crippen MR) is 50.5 cm³/mol. The van der Waals surface area contributed by atoms with Crippen molar-refractivity contribution in [2.75, 3.05) is 13.1 Å². The third kappa shape index (κ3) is 1.49. The van der Waals surface area contributed by atoms with Crippen molar-refractivity contribution in [2.45, 2.75) is 19.9 Å². The molecule has 1 aromatic rings. The van der Waals surface area contributed by atoms with Crippen LogP contribution in [0.25, 0.3) is 0 Å². The second-order valence-electron chi connectivity index (χ2n) is 3.93. The van der Waals surface area contributed by atoms with Gasteiger partial charge in [-0.05, 0) is 0 Å². The van der Waals surface area contributed by atoms with E-state index in [0.29, 0.717) is 6.04 Å². The summed E-state index contributed by atoms with van der Waals surface area (Å²) in [6.07, 6.45) is 3.49. The monoisotopic (exact) mass is 194 g/mol. The number of nitrogens with zero attached hydrogens (tertiary/aromatic N) is 4. The van der Waals surface area contributed by atoms with E-state index in [9.17, 15) is 4.79 Å². The maximum absolute atomic E-state index is 11.5. The molecule has 0 radical (unpaired) electrons. The van der Waals surface area contributed by atoms with Gasteiger partial charge in [0, 0.05) is 25.2 Å². The molecule has 1 aliphatic rings. The van der Waals surface area contributed by atoms with Crippen molar-refractivity contribution in [3.63, 3.8) is 0 Å². The molecular weight excluding hydrogens is 180 g/mol. The molecule has 1 fully saturated rings. The molecule has 0 aliphatic carbocycles. The van der Waals surface area contributed by atoms with E-state index in [4.69, 9.17) is 0 Å². The summed E-state index contributed by atoms with van der Waals surface area (Å²) in [4.78, 5) is 13.4. The lowest BCUT2D eigenvalue weighted by Crippen LogP contribution is -2.52. The van der Waals surface area contributed by atoms with Gasteiger partial charge >= 0.3 is 0 Å². The molecule has 5 nitrogen and oxygen atoms in total. The van der Waals surface area contributed by atoms with Crippen LogP contribution in [0.1, 0.15) is 19.9 Å². The van der Waals surface area contributed by atoms with Crippen LogP contribution in [0, 0.1) is 5.92 Å². The van der Waals surface area contributed by atoms with Gasteiger partial charge in [0.25, 0.3) is 0 Å². The van der Waals surface area contributed by atoms with Crippen molar-refractivity contribution in [3.8, 4) is 0 Å². The van der Waals surface area contributed by atoms with E-state index in [-0.39, 0.29) is 11.8 Å². The Balaban J connectivity index is 1.88. The predicted octanol–water partition coefficient (Wildman–Crippen LogP) is 0.317. The number of amides is 1. The zero-order valence-corrected chi connectivity index (χ0v) is 8.42. The summed E-state index contributed by atoms with van der Waals surface area (Å²) in [6, 6.07) is 0.320. The van der Waals surface area contributed by atoms with Gasteiger partial charge in [-0.2, -0.15) is 0 Å². The van der Waals surface area contributed by atoms with Crippen LogP contribution in [0.5, 0.6) is 0 Å². The summed E-state index contributed by atoms with van der Waals surface area (Å²) < 4.78 is 1.81. The molecule has 0 unspecified atom stereocenters.